The number of thiophene rings is 1. The van der Waals surface area contributed by atoms with Crippen LogP contribution in [0.4, 0.5) is 0 Å². The topological polar surface area (TPSA) is 24.9 Å². The third kappa shape index (κ3) is 2.43. The number of aromatic nitrogens is 1. The normalized spacial score (nSPS) is 12.7. The highest BCUT2D eigenvalue weighted by Crippen LogP contribution is 2.30. The summed E-state index contributed by atoms with van der Waals surface area (Å²) < 4.78 is 1.04. The first-order chi connectivity index (χ1) is 9.29. The van der Waals surface area contributed by atoms with Crippen molar-refractivity contribution in [1.29, 1.82) is 0 Å². The first kappa shape index (κ1) is 12.8. The summed E-state index contributed by atoms with van der Waals surface area (Å²) in [5.74, 6) is 0. The average Bonchev–Trinajstić information content (AvgIpc) is 2.94. The van der Waals surface area contributed by atoms with Crippen molar-refractivity contribution in [1.82, 2.24) is 10.3 Å². The lowest BCUT2D eigenvalue weighted by molar-refractivity contribution is 0.673. The van der Waals surface area contributed by atoms with Crippen LogP contribution in [0.15, 0.2) is 51.6 Å². The number of halogens is 1. The first-order valence-corrected chi connectivity index (χ1v) is 7.77. The SMILES string of the molecule is CNC(c1ccsc1)c1nc2ccccc2cc1Br. The molecular formula is C15H13BrN2S. The van der Waals surface area contributed by atoms with E-state index >= 15 is 0 Å². The second-order valence-electron chi connectivity index (χ2n) is 4.33. The maximum atomic E-state index is 4.80. The van der Waals surface area contributed by atoms with Gasteiger partial charge in [0, 0.05) is 9.86 Å². The summed E-state index contributed by atoms with van der Waals surface area (Å²) in [7, 11) is 1.96. The van der Waals surface area contributed by atoms with E-state index in [9.17, 15) is 0 Å². The Bertz CT molecular complexity index is 694. The fraction of sp³-hybridized carbons (Fsp3) is 0.133. The molecule has 1 atom stereocenters. The molecule has 0 fully saturated rings. The lowest BCUT2D eigenvalue weighted by atomic mass is 10.1. The lowest BCUT2D eigenvalue weighted by Crippen LogP contribution is -2.18. The van der Waals surface area contributed by atoms with Crippen LogP contribution in [0.25, 0.3) is 10.9 Å². The molecular weight excluding hydrogens is 320 g/mol. The van der Waals surface area contributed by atoms with Crippen molar-refractivity contribution < 1.29 is 0 Å². The van der Waals surface area contributed by atoms with Crippen molar-refractivity contribution in [2.75, 3.05) is 7.05 Å². The second-order valence-corrected chi connectivity index (χ2v) is 5.96. The van der Waals surface area contributed by atoms with Crippen molar-refractivity contribution >= 4 is 38.2 Å². The quantitative estimate of drug-likeness (QED) is 0.770. The van der Waals surface area contributed by atoms with Gasteiger partial charge in [0.05, 0.1) is 17.3 Å². The maximum absolute atomic E-state index is 4.80. The van der Waals surface area contributed by atoms with Crippen LogP contribution in [0.1, 0.15) is 17.3 Å². The Morgan fingerprint density at radius 2 is 2.11 bits per heavy atom. The molecule has 3 rings (SSSR count). The Morgan fingerprint density at radius 1 is 1.26 bits per heavy atom. The molecule has 0 aliphatic heterocycles. The highest BCUT2D eigenvalue weighted by molar-refractivity contribution is 9.10. The fourth-order valence-electron chi connectivity index (χ4n) is 2.21. The van der Waals surface area contributed by atoms with Crippen LogP contribution in [0.3, 0.4) is 0 Å². The lowest BCUT2D eigenvalue weighted by Gasteiger charge is -2.16. The van der Waals surface area contributed by atoms with Crippen LogP contribution >= 0.6 is 27.3 Å². The Morgan fingerprint density at radius 3 is 2.84 bits per heavy atom. The summed E-state index contributed by atoms with van der Waals surface area (Å²) in [5, 5.41) is 8.74. The number of hydrogen-bond acceptors (Lipinski definition) is 3. The number of nitrogens with one attached hydrogen (secondary N) is 1. The van der Waals surface area contributed by atoms with E-state index in [1.54, 1.807) is 11.3 Å². The van der Waals surface area contributed by atoms with Crippen LogP contribution in [-0.2, 0) is 0 Å². The maximum Gasteiger partial charge on any atom is 0.0768 e. The molecule has 0 saturated carbocycles. The van der Waals surface area contributed by atoms with Crippen molar-refractivity contribution in [2.45, 2.75) is 6.04 Å². The molecule has 0 aliphatic rings. The van der Waals surface area contributed by atoms with Gasteiger partial charge < -0.3 is 5.32 Å². The molecule has 96 valence electrons. The summed E-state index contributed by atoms with van der Waals surface area (Å²) >= 11 is 5.35. The zero-order chi connectivity index (χ0) is 13.2. The van der Waals surface area contributed by atoms with Crippen molar-refractivity contribution in [3.8, 4) is 0 Å². The summed E-state index contributed by atoms with van der Waals surface area (Å²) in [4.78, 5) is 4.80. The number of benzene rings is 1. The van der Waals surface area contributed by atoms with Gasteiger partial charge in [0.25, 0.3) is 0 Å². The van der Waals surface area contributed by atoms with Crippen LogP contribution < -0.4 is 5.32 Å². The van der Waals surface area contributed by atoms with Crippen LogP contribution in [-0.4, -0.2) is 12.0 Å². The van der Waals surface area contributed by atoms with Crippen molar-refractivity contribution in [3.63, 3.8) is 0 Å². The Hall–Kier alpha value is -1.23. The van der Waals surface area contributed by atoms with Crippen LogP contribution in [0.2, 0.25) is 0 Å². The molecule has 2 aromatic heterocycles. The predicted octanol–water partition coefficient (Wildman–Crippen LogP) is 4.37. The molecule has 1 aromatic carbocycles. The molecule has 1 N–H and O–H groups in total. The van der Waals surface area contributed by atoms with Gasteiger partial charge in [-0.05, 0) is 57.5 Å². The van der Waals surface area contributed by atoms with Gasteiger partial charge in [-0.3, -0.25) is 0 Å². The number of nitrogens with zero attached hydrogens (tertiary/aromatic N) is 1. The monoisotopic (exact) mass is 332 g/mol. The van der Waals surface area contributed by atoms with Crippen LogP contribution in [0.5, 0.6) is 0 Å². The largest absolute Gasteiger partial charge is 0.308 e. The summed E-state index contributed by atoms with van der Waals surface area (Å²) in [6, 6.07) is 12.6. The standard InChI is InChI=1S/C15H13BrN2S/c1-17-14(11-6-7-19-9-11)15-12(16)8-10-4-2-3-5-13(10)18-15/h2-9,14,17H,1H3. The molecule has 4 heteroatoms. The van der Waals surface area contributed by atoms with E-state index in [-0.39, 0.29) is 6.04 Å². The molecule has 0 radical (unpaired) electrons. The molecule has 2 heterocycles. The zero-order valence-electron chi connectivity index (χ0n) is 10.4. The average molecular weight is 333 g/mol. The molecule has 0 saturated heterocycles. The number of rotatable bonds is 3. The predicted molar refractivity (Wildman–Crippen MR) is 84.7 cm³/mol. The summed E-state index contributed by atoms with van der Waals surface area (Å²) in [6.07, 6.45) is 0. The van der Waals surface area contributed by atoms with Gasteiger partial charge >= 0.3 is 0 Å². The van der Waals surface area contributed by atoms with Gasteiger partial charge in [0.15, 0.2) is 0 Å². The highest BCUT2D eigenvalue weighted by atomic mass is 79.9. The third-order valence-corrected chi connectivity index (χ3v) is 4.48. The Kier molecular flexibility index (Phi) is 3.64. The first-order valence-electron chi connectivity index (χ1n) is 6.04. The fourth-order valence-corrected chi connectivity index (χ4v) is 3.46. The molecule has 3 aromatic rings. The Balaban J connectivity index is 2.15. The number of para-hydroxylation sites is 1. The zero-order valence-corrected chi connectivity index (χ0v) is 12.8. The Labute approximate surface area is 124 Å². The molecule has 1 unspecified atom stereocenters. The smallest absolute Gasteiger partial charge is 0.0768 e. The minimum absolute atomic E-state index is 0.116. The number of hydrogen-bond donors (Lipinski definition) is 1. The van der Waals surface area contributed by atoms with E-state index in [0.717, 1.165) is 21.1 Å². The molecule has 19 heavy (non-hydrogen) atoms. The van der Waals surface area contributed by atoms with Crippen molar-refractivity contribution in [2.24, 2.45) is 0 Å². The van der Waals surface area contributed by atoms with Crippen LogP contribution in [0, 0.1) is 0 Å². The molecule has 0 bridgehead atoms. The van der Waals surface area contributed by atoms with E-state index in [2.05, 4.69) is 50.2 Å². The van der Waals surface area contributed by atoms with E-state index in [0.29, 0.717) is 0 Å². The number of pyridine rings is 1. The van der Waals surface area contributed by atoms with E-state index in [1.807, 2.05) is 25.2 Å². The highest BCUT2D eigenvalue weighted by Gasteiger charge is 2.17. The second kappa shape index (κ2) is 5.41. The number of fused-ring (bicyclic) bond motifs is 1. The van der Waals surface area contributed by atoms with E-state index in [4.69, 9.17) is 4.98 Å². The van der Waals surface area contributed by atoms with E-state index in [1.165, 1.54) is 5.56 Å². The molecule has 2 nitrogen and oxygen atoms in total. The minimum atomic E-state index is 0.116. The third-order valence-electron chi connectivity index (χ3n) is 3.14. The van der Waals surface area contributed by atoms with Gasteiger partial charge in [-0.15, -0.1) is 0 Å². The van der Waals surface area contributed by atoms with Gasteiger partial charge in [0.2, 0.25) is 0 Å². The summed E-state index contributed by atoms with van der Waals surface area (Å²) in [5.41, 5.74) is 3.30. The van der Waals surface area contributed by atoms with Gasteiger partial charge in [0.1, 0.15) is 0 Å². The summed E-state index contributed by atoms with van der Waals surface area (Å²) in [6.45, 7) is 0. The van der Waals surface area contributed by atoms with E-state index < -0.39 is 0 Å². The molecule has 0 aliphatic carbocycles. The van der Waals surface area contributed by atoms with Gasteiger partial charge in [-0.2, -0.15) is 11.3 Å². The van der Waals surface area contributed by atoms with Gasteiger partial charge in [-0.25, -0.2) is 4.98 Å². The van der Waals surface area contributed by atoms with Gasteiger partial charge in [-0.1, -0.05) is 18.2 Å². The minimum Gasteiger partial charge on any atom is -0.308 e. The van der Waals surface area contributed by atoms with Crippen molar-refractivity contribution in [3.05, 3.63) is 62.9 Å². The molecule has 0 amide bonds. The molecule has 0 spiro atoms.